The van der Waals surface area contributed by atoms with Gasteiger partial charge >= 0.3 is 0 Å². The maximum absolute atomic E-state index is 13.3. The van der Waals surface area contributed by atoms with Crippen LogP contribution >= 0.6 is 0 Å². The molecule has 2 heterocycles. The molecule has 1 amide bonds. The lowest BCUT2D eigenvalue weighted by atomic mass is 10.2. The van der Waals surface area contributed by atoms with Crippen LogP contribution in [-0.4, -0.2) is 17.7 Å². The summed E-state index contributed by atoms with van der Waals surface area (Å²) in [6.07, 6.45) is 2.97. The Bertz CT molecular complexity index is 1040. The summed E-state index contributed by atoms with van der Waals surface area (Å²) in [6, 6.07) is 10.4. The second-order valence-corrected chi connectivity index (χ2v) is 6.09. The molecule has 0 aliphatic carbocycles. The van der Waals surface area contributed by atoms with Crippen LogP contribution < -0.4 is 20.1 Å². The van der Waals surface area contributed by atoms with Gasteiger partial charge in [-0.05, 0) is 35.9 Å². The number of benzene rings is 2. The van der Waals surface area contributed by atoms with E-state index in [1.165, 1.54) is 12.3 Å². The van der Waals surface area contributed by atoms with E-state index >= 15 is 0 Å². The number of rotatable bonds is 5. The predicted molar refractivity (Wildman–Crippen MR) is 98.4 cm³/mol. The van der Waals surface area contributed by atoms with Crippen molar-refractivity contribution in [3.05, 3.63) is 77.6 Å². The number of halogens is 2. The third-order valence-corrected chi connectivity index (χ3v) is 4.11. The first kappa shape index (κ1) is 17.7. The number of carbonyl (C=O) groups excluding carboxylic acids is 1. The van der Waals surface area contributed by atoms with Gasteiger partial charge in [-0.15, -0.1) is 0 Å². The fraction of sp³-hybridized carbons (Fsp3) is 0.100. The third-order valence-electron chi connectivity index (χ3n) is 4.11. The lowest BCUT2D eigenvalue weighted by Crippen LogP contribution is -2.13. The highest BCUT2D eigenvalue weighted by Gasteiger charge is 2.13. The van der Waals surface area contributed by atoms with E-state index in [1.807, 2.05) is 18.2 Å². The minimum Gasteiger partial charge on any atom is -0.454 e. The molecular weight excluding hydrogens is 368 g/mol. The van der Waals surface area contributed by atoms with E-state index < -0.39 is 17.5 Å². The molecular formula is C20H15F2N3O3. The molecule has 1 aliphatic heterocycles. The SMILES string of the molecule is O=C(Nc1ccc(F)c(F)c1)c1cncc(NCc2ccc3c(c2)OCO3)c1. The van der Waals surface area contributed by atoms with E-state index in [-0.39, 0.29) is 18.0 Å². The van der Waals surface area contributed by atoms with Crippen LogP contribution in [0.2, 0.25) is 0 Å². The summed E-state index contributed by atoms with van der Waals surface area (Å²) < 4.78 is 36.9. The van der Waals surface area contributed by atoms with Crippen molar-refractivity contribution < 1.29 is 23.0 Å². The zero-order chi connectivity index (χ0) is 19.5. The number of amides is 1. The van der Waals surface area contributed by atoms with Crippen LogP contribution in [0, 0.1) is 11.6 Å². The molecule has 0 saturated heterocycles. The summed E-state index contributed by atoms with van der Waals surface area (Å²) in [6.45, 7) is 0.706. The first-order valence-corrected chi connectivity index (χ1v) is 8.42. The molecule has 28 heavy (non-hydrogen) atoms. The lowest BCUT2D eigenvalue weighted by molar-refractivity contribution is 0.102. The van der Waals surface area contributed by atoms with Crippen LogP contribution in [-0.2, 0) is 6.54 Å². The van der Waals surface area contributed by atoms with Crippen molar-refractivity contribution in [3.63, 3.8) is 0 Å². The molecule has 8 heteroatoms. The number of ether oxygens (including phenoxy) is 2. The Balaban J connectivity index is 1.42. The minimum absolute atomic E-state index is 0.155. The normalized spacial score (nSPS) is 11.9. The van der Waals surface area contributed by atoms with Gasteiger partial charge in [-0.3, -0.25) is 9.78 Å². The summed E-state index contributed by atoms with van der Waals surface area (Å²) in [5, 5.41) is 5.69. The van der Waals surface area contributed by atoms with Crippen molar-refractivity contribution in [3.8, 4) is 11.5 Å². The average Bonchev–Trinajstić information content (AvgIpc) is 3.17. The molecule has 1 aliphatic rings. The van der Waals surface area contributed by atoms with E-state index in [0.717, 1.165) is 17.7 Å². The zero-order valence-electron chi connectivity index (χ0n) is 14.5. The highest BCUT2D eigenvalue weighted by molar-refractivity contribution is 6.04. The number of carbonyl (C=O) groups is 1. The number of fused-ring (bicyclic) bond motifs is 1. The Labute approximate surface area is 159 Å². The smallest absolute Gasteiger partial charge is 0.257 e. The number of nitrogens with one attached hydrogen (secondary N) is 2. The van der Waals surface area contributed by atoms with Crippen molar-refractivity contribution >= 4 is 17.3 Å². The largest absolute Gasteiger partial charge is 0.454 e. The van der Waals surface area contributed by atoms with E-state index in [2.05, 4.69) is 15.6 Å². The number of nitrogens with zero attached hydrogens (tertiary/aromatic N) is 1. The Morgan fingerprint density at radius 2 is 1.82 bits per heavy atom. The standard InChI is InChI=1S/C20H15F2N3O3/c21-16-3-2-14(7-17(16)22)25-20(26)13-6-15(10-23-9-13)24-8-12-1-4-18-19(5-12)28-11-27-18/h1-7,9-10,24H,8,11H2,(H,25,26). The number of hydrogen-bond acceptors (Lipinski definition) is 5. The van der Waals surface area contributed by atoms with Gasteiger partial charge in [0.25, 0.3) is 5.91 Å². The topological polar surface area (TPSA) is 72.5 Å². The van der Waals surface area contributed by atoms with E-state index in [4.69, 9.17) is 9.47 Å². The second kappa shape index (κ2) is 7.51. The van der Waals surface area contributed by atoms with Gasteiger partial charge in [0.1, 0.15) is 0 Å². The van der Waals surface area contributed by atoms with Crippen molar-refractivity contribution in [2.24, 2.45) is 0 Å². The third kappa shape index (κ3) is 3.85. The number of anilines is 2. The van der Waals surface area contributed by atoms with Crippen LogP contribution in [0.15, 0.2) is 54.9 Å². The maximum Gasteiger partial charge on any atom is 0.257 e. The summed E-state index contributed by atoms with van der Waals surface area (Å²) >= 11 is 0. The molecule has 0 atom stereocenters. The monoisotopic (exact) mass is 383 g/mol. The minimum atomic E-state index is -1.03. The van der Waals surface area contributed by atoms with Gasteiger partial charge in [0.15, 0.2) is 23.1 Å². The summed E-state index contributed by atoms with van der Waals surface area (Å²) in [7, 11) is 0. The fourth-order valence-electron chi connectivity index (χ4n) is 2.69. The number of pyridine rings is 1. The molecule has 2 aromatic carbocycles. The van der Waals surface area contributed by atoms with Gasteiger partial charge in [0, 0.05) is 30.7 Å². The van der Waals surface area contributed by atoms with E-state index in [0.29, 0.717) is 23.7 Å². The van der Waals surface area contributed by atoms with E-state index in [9.17, 15) is 13.6 Å². The lowest BCUT2D eigenvalue weighted by Gasteiger charge is -2.09. The van der Waals surface area contributed by atoms with Gasteiger partial charge in [-0.1, -0.05) is 6.07 Å². The van der Waals surface area contributed by atoms with Gasteiger partial charge in [0.2, 0.25) is 6.79 Å². The van der Waals surface area contributed by atoms with E-state index in [1.54, 1.807) is 12.3 Å². The highest BCUT2D eigenvalue weighted by atomic mass is 19.2. The first-order valence-electron chi connectivity index (χ1n) is 8.42. The Morgan fingerprint density at radius 1 is 0.964 bits per heavy atom. The van der Waals surface area contributed by atoms with Gasteiger partial charge in [-0.25, -0.2) is 8.78 Å². The molecule has 0 radical (unpaired) electrons. The summed E-state index contributed by atoms with van der Waals surface area (Å²) in [4.78, 5) is 16.4. The molecule has 0 bridgehead atoms. The molecule has 0 fully saturated rings. The maximum atomic E-state index is 13.3. The molecule has 1 aromatic heterocycles. The van der Waals surface area contributed by atoms with Crippen molar-refractivity contribution in [2.75, 3.05) is 17.4 Å². The average molecular weight is 383 g/mol. The fourth-order valence-corrected chi connectivity index (χ4v) is 2.69. The van der Waals surface area contributed by atoms with Crippen LogP contribution in [0.25, 0.3) is 0 Å². The van der Waals surface area contributed by atoms with Gasteiger partial charge in [-0.2, -0.15) is 0 Å². The second-order valence-electron chi connectivity index (χ2n) is 6.09. The molecule has 0 spiro atoms. The van der Waals surface area contributed by atoms with Gasteiger partial charge in [0.05, 0.1) is 11.3 Å². The molecule has 2 N–H and O–H groups in total. The Kier molecular flexibility index (Phi) is 4.76. The van der Waals surface area contributed by atoms with Crippen molar-refractivity contribution in [1.82, 2.24) is 4.98 Å². The first-order chi connectivity index (χ1) is 13.6. The predicted octanol–water partition coefficient (Wildman–Crippen LogP) is 3.95. The zero-order valence-corrected chi connectivity index (χ0v) is 14.5. The van der Waals surface area contributed by atoms with Crippen LogP contribution in [0.3, 0.4) is 0 Å². The van der Waals surface area contributed by atoms with Gasteiger partial charge < -0.3 is 20.1 Å². The quantitative estimate of drug-likeness (QED) is 0.698. The molecule has 0 unspecified atom stereocenters. The summed E-state index contributed by atoms with van der Waals surface area (Å²) in [5.74, 6) is -1.09. The highest BCUT2D eigenvalue weighted by Crippen LogP contribution is 2.32. The number of hydrogen-bond donors (Lipinski definition) is 2. The number of aromatic nitrogens is 1. The molecule has 3 aromatic rings. The van der Waals surface area contributed by atoms with Crippen LogP contribution in [0.1, 0.15) is 15.9 Å². The molecule has 142 valence electrons. The summed E-state index contributed by atoms with van der Waals surface area (Å²) in [5.41, 5.74) is 2.04. The Hall–Kier alpha value is -3.68. The molecule has 4 rings (SSSR count). The van der Waals surface area contributed by atoms with Crippen molar-refractivity contribution in [2.45, 2.75) is 6.54 Å². The Morgan fingerprint density at radius 3 is 2.68 bits per heavy atom. The molecule has 0 saturated carbocycles. The van der Waals surface area contributed by atoms with Crippen LogP contribution in [0.5, 0.6) is 11.5 Å². The van der Waals surface area contributed by atoms with Crippen molar-refractivity contribution in [1.29, 1.82) is 0 Å². The van der Waals surface area contributed by atoms with Crippen LogP contribution in [0.4, 0.5) is 20.2 Å². The molecule has 6 nitrogen and oxygen atoms in total.